The molecule has 3 aliphatic carbocycles. The van der Waals surface area contributed by atoms with E-state index in [-0.39, 0.29) is 17.6 Å². The maximum absolute atomic E-state index is 13.6. The number of carbonyl (C=O) groups excluding carboxylic acids is 2. The van der Waals surface area contributed by atoms with Crippen molar-refractivity contribution in [1.82, 2.24) is 0 Å². The highest BCUT2D eigenvalue weighted by molar-refractivity contribution is 6.31. The number of nitrogens with zero attached hydrogens (tertiary/aromatic N) is 1. The fourth-order valence-corrected chi connectivity index (χ4v) is 5.58. The summed E-state index contributed by atoms with van der Waals surface area (Å²) in [5.41, 5.74) is 3.41. The van der Waals surface area contributed by atoms with E-state index in [4.69, 9.17) is 5.84 Å². The molecule has 5 heteroatoms. The van der Waals surface area contributed by atoms with Gasteiger partial charge in [0, 0.05) is 28.9 Å². The molecule has 2 aromatic rings. The maximum atomic E-state index is 13.6. The molecule has 5 rings (SSSR count). The van der Waals surface area contributed by atoms with Crippen LogP contribution in [0.4, 0.5) is 11.4 Å². The number of benzene rings is 2. The van der Waals surface area contributed by atoms with Gasteiger partial charge in [-0.3, -0.25) is 9.59 Å². The number of nitrogens with two attached hydrogens (primary N) is 1. The first-order valence-electron chi connectivity index (χ1n) is 11.8. The third kappa shape index (κ3) is 3.65. The summed E-state index contributed by atoms with van der Waals surface area (Å²) in [6.07, 6.45) is 11.5. The van der Waals surface area contributed by atoms with Gasteiger partial charge in [-0.2, -0.15) is 0 Å². The van der Waals surface area contributed by atoms with Gasteiger partial charge in [0.2, 0.25) is 0 Å². The second-order valence-electron chi connectivity index (χ2n) is 9.26. The lowest BCUT2D eigenvalue weighted by Crippen LogP contribution is -2.43. The number of anilines is 2. The van der Waals surface area contributed by atoms with Crippen LogP contribution in [-0.2, 0) is 0 Å². The Morgan fingerprint density at radius 3 is 2.03 bits per heavy atom. The van der Waals surface area contributed by atoms with Crippen molar-refractivity contribution in [1.29, 1.82) is 0 Å². The van der Waals surface area contributed by atoms with Gasteiger partial charge in [0.25, 0.3) is 0 Å². The third-order valence-corrected chi connectivity index (χ3v) is 7.26. The zero-order valence-electron chi connectivity index (χ0n) is 18.0. The molecule has 2 saturated carbocycles. The molecular formula is C26H31N3O2. The number of fused-ring (bicyclic) bond motifs is 2. The van der Waals surface area contributed by atoms with E-state index >= 15 is 0 Å². The molecule has 0 aliphatic heterocycles. The van der Waals surface area contributed by atoms with Crippen molar-refractivity contribution in [2.24, 2.45) is 5.84 Å². The van der Waals surface area contributed by atoms with Crippen molar-refractivity contribution in [2.75, 3.05) is 10.3 Å². The van der Waals surface area contributed by atoms with Crippen molar-refractivity contribution < 1.29 is 9.59 Å². The fourth-order valence-electron chi connectivity index (χ4n) is 5.58. The summed E-state index contributed by atoms with van der Waals surface area (Å²) < 4.78 is 0. The summed E-state index contributed by atoms with van der Waals surface area (Å²) in [4.78, 5) is 27.3. The lowest BCUT2D eigenvalue weighted by molar-refractivity contribution is 0.0980. The summed E-state index contributed by atoms with van der Waals surface area (Å²) in [7, 11) is 0. The predicted octanol–water partition coefficient (Wildman–Crippen LogP) is 5.22. The molecule has 5 nitrogen and oxygen atoms in total. The molecule has 0 atom stereocenters. The van der Waals surface area contributed by atoms with Crippen molar-refractivity contribution in [3.05, 3.63) is 58.7 Å². The molecule has 31 heavy (non-hydrogen) atoms. The highest BCUT2D eigenvalue weighted by atomic mass is 16.1. The zero-order chi connectivity index (χ0) is 21.4. The van der Waals surface area contributed by atoms with E-state index in [0.29, 0.717) is 34.0 Å². The molecule has 0 radical (unpaired) electrons. The van der Waals surface area contributed by atoms with Gasteiger partial charge in [-0.25, -0.2) is 5.84 Å². The number of rotatable bonds is 4. The number of nitrogens with one attached hydrogen (secondary N) is 1. The number of hydrogen-bond acceptors (Lipinski definition) is 5. The molecular weight excluding hydrogens is 386 g/mol. The van der Waals surface area contributed by atoms with Crippen molar-refractivity contribution in [3.63, 3.8) is 0 Å². The van der Waals surface area contributed by atoms with Gasteiger partial charge in [-0.1, -0.05) is 62.8 Å². The van der Waals surface area contributed by atoms with Crippen molar-refractivity contribution in [3.8, 4) is 0 Å². The quantitative estimate of drug-likeness (QED) is 0.450. The number of hydrazine groups is 1. The van der Waals surface area contributed by atoms with Crippen LogP contribution in [0.3, 0.4) is 0 Å². The zero-order valence-corrected chi connectivity index (χ0v) is 18.0. The van der Waals surface area contributed by atoms with Gasteiger partial charge in [-0.15, -0.1) is 0 Å². The second-order valence-corrected chi connectivity index (χ2v) is 9.26. The Kier molecular flexibility index (Phi) is 5.53. The Hall–Kier alpha value is -2.66. The van der Waals surface area contributed by atoms with E-state index in [1.807, 2.05) is 24.3 Å². The van der Waals surface area contributed by atoms with Crippen LogP contribution in [0, 0.1) is 0 Å². The van der Waals surface area contributed by atoms with E-state index < -0.39 is 0 Å². The Balaban J connectivity index is 1.53. The minimum absolute atomic E-state index is 0.0811. The van der Waals surface area contributed by atoms with E-state index in [1.165, 1.54) is 25.7 Å². The molecule has 3 aliphatic rings. The Morgan fingerprint density at radius 1 is 0.742 bits per heavy atom. The molecule has 2 fully saturated rings. The molecule has 0 bridgehead atoms. The maximum Gasteiger partial charge on any atom is 0.196 e. The van der Waals surface area contributed by atoms with Gasteiger partial charge in [0.1, 0.15) is 0 Å². The first-order valence-corrected chi connectivity index (χ1v) is 11.8. The monoisotopic (exact) mass is 417 g/mol. The summed E-state index contributed by atoms with van der Waals surface area (Å²) in [6, 6.07) is 11.7. The minimum Gasteiger partial charge on any atom is -0.382 e. The van der Waals surface area contributed by atoms with Crippen LogP contribution in [0.25, 0.3) is 0 Å². The normalized spacial score (nSPS) is 19.6. The van der Waals surface area contributed by atoms with Crippen molar-refractivity contribution in [2.45, 2.75) is 76.3 Å². The van der Waals surface area contributed by atoms with E-state index in [9.17, 15) is 9.59 Å². The molecule has 0 saturated heterocycles. The van der Waals surface area contributed by atoms with Gasteiger partial charge in [-0.05, 0) is 37.8 Å². The predicted molar refractivity (Wildman–Crippen MR) is 124 cm³/mol. The van der Waals surface area contributed by atoms with Crippen LogP contribution in [0.1, 0.15) is 96.1 Å². The molecule has 0 aromatic heterocycles. The summed E-state index contributed by atoms with van der Waals surface area (Å²) >= 11 is 0. The van der Waals surface area contributed by atoms with Crippen LogP contribution in [0.2, 0.25) is 0 Å². The average molecular weight is 418 g/mol. The minimum atomic E-state index is -0.0984. The van der Waals surface area contributed by atoms with Crippen LogP contribution in [0.5, 0.6) is 0 Å². The van der Waals surface area contributed by atoms with E-state index in [1.54, 1.807) is 17.1 Å². The van der Waals surface area contributed by atoms with Gasteiger partial charge in [0.05, 0.1) is 16.8 Å². The fraction of sp³-hybridized carbons (Fsp3) is 0.462. The molecule has 0 heterocycles. The highest BCUT2D eigenvalue weighted by Crippen LogP contribution is 2.38. The van der Waals surface area contributed by atoms with Gasteiger partial charge >= 0.3 is 0 Å². The first-order chi connectivity index (χ1) is 15.1. The lowest BCUT2D eigenvalue weighted by Gasteiger charge is -2.34. The van der Waals surface area contributed by atoms with E-state index in [0.717, 1.165) is 44.2 Å². The Bertz CT molecular complexity index is 1000. The summed E-state index contributed by atoms with van der Waals surface area (Å²) in [5, 5.41) is 5.32. The van der Waals surface area contributed by atoms with Crippen LogP contribution >= 0.6 is 0 Å². The summed E-state index contributed by atoms with van der Waals surface area (Å²) in [5.74, 6) is 6.35. The number of ketones is 2. The Morgan fingerprint density at radius 2 is 1.32 bits per heavy atom. The summed E-state index contributed by atoms with van der Waals surface area (Å²) in [6.45, 7) is 0. The smallest absolute Gasteiger partial charge is 0.196 e. The molecule has 162 valence electrons. The average Bonchev–Trinajstić information content (AvgIpc) is 2.83. The first kappa shape index (κ1) is 20.3. The molecule has 0 spiro atoms. The molecule has 0 unspecified atom stereocenters. The number of hydrogen-bond donors (Lipinski definition) is 2. The third-order valence-electron chi connectivity index (χ3n) is 7.26. The standard InChI is InChI=1S/C26H31N3O2/c27-29(18-11-5-2-6-12-18)22-16-8-14-20-24(22)26(31)19-13-7-15-21(23(19)25(20)30)28-17-9-3-1-4-10-17/h7-8,13-18,28H,1-6,9-12,27H2. The van der Waals surface area contributed by atoms with Crippen LogP contribution < -0.4 is 16.2 Å². The van der Waals surface area contributed by atoms with Gasteiger partial charge in [0.15, 0.2) is 11.6 Å². The second kappa shape index (κ2) is 8.46. The Labute approximate surface area is 184 Å². The largest absolute Gasteiger partial charge is 0.382 e. The van der Waals surface area contributed by atoms with E-state index in [2.05, 4.69) is 5.32 Å². The molecule has 0 amide bonds. The highest BCUT2D eigenvalue weighted by Gasteiger charge is 2.35. The topological polar surface area (TPSA) is 75.4 Å². The molecule has 3 N–H and O–H groups in total. The SMILES string of the molecule is NN(c1cccc2c1C(=O)c1cccc(NC3CCCCC3)c1C2=O)C1CCCCC1. The van der Waals surface area contributed by atoms with Crippen LogP contribution in [0.15, 0.2) is 36.4 Å². The van der Waals surface area contributed by atoms with Crippen LogP contribution in [-0.4, -0.2) is 23.7 Å². The van der Waals surface area contributed by atoms with Gasteiger partial charge < -0.3 is 10.3 Å². The van der Waals surface area contributed by atoms with Crippen molar-refractivity contribution >= 4 is 22.9 Å². The number of carbonyl (C=O) groups is 2. The molecule has 2 aromatic carbocycles. The lowest BCUT2D eigenvalue weighted by atomic mass is 9.81.